The predicted molar refractivity (Wildman–Crippen MR) is 134 cm³/mol. The van der Waals surface area contributed by atoms with Gasteiger partial charge < -0.3 is 15.5 Å². The van der Waals surface area contributed by atoms with Crippen molar-refractivity contribution < 1.29 is 0 Å². The zero-order valence-electron chi connectivity index (χ0n) is 16.6. The Hall–Kier alpha value is -1.000. The first kappa shape index (κ1) is 23.3. The smallest absolute Gasteiger partial charge is 0.191 e. The molecule has 1 saturated heterocycles. The minimum absolute atomic E-state index is 0. The molecule has 0 bridgehead atoms. The molecule has 2 heterocycles. The molecule has 28 heavy (non-hydrogen) atoms. The summed E-state index contributed by atoms with van der Waals surface area (Å²) in [4.78, 5) is 12.8. The van der Waals surface area contributed by atoms with Gasteiger partial charge in [-0.25, -0.2) is 4.98 Å². The summed E-state index contributed by atoms with van der Waals surface area (Å²) in [6.07, 6.45) is 3.50. The van der Waals surface area contributed by atoms with Gasteiger partial charge in [0, 0.05) is 55.2 Å². The molecule has 2 N–H and O–H groups in total. The number of rotatable bonds is 8. The molecule has 1 aliphatic rings. The zero-order valence-corrected chi connectivity index (χ0v) is 20.5. The van der Waals surface area contributed by atoms with Crippen molar-refractivity contribution in [3.05, 3.63) is 41.4 Å². The molecule has 0 radical (unpaired) electrons. The fourth-order valence-corrected chi connectivity index (χ4v) is 4.87. The number of anilines is 1. The summed E-state index contributed by atoms with van der Waals surface area (Å²) in [5.41, 5.74) is 1.16. The zero-order chi connectivity index (χ0) is 18.9. The van der Waals surface area contributed by atoms with Gasteiger partial charge in [-0.3, -0.25) is 4.99 Å². The molecule has 5 nitrogen and oxygen atoms in total. The fraction of sp³-hybridized carbons (Fsp3) is 0.500. The number of nitrogens with zero attached hydrogens (tertiary/aromatic N) is 3. The number of nitrogens with one attached hydrogen (secondary N) is 2. The normalized spacial score (nSPS) is 15.2. The number of aliphatic imine (C=N–C) groups is 1. The van der Waals surface area contributed by atoms with Crippen LogP contribution in [0.5, 0.6) is 0 Å². The molecule has 0 aliphatic carbocycles. The number of guanidine groups is 1. The van der Waals surface area contributed by atoms with Crippen molar-refractivity contribution in [2.24, 2.45) is 4.99 Å². The molecular formula is C20H30IN5S2. The van der Waals surface area contributed by atoms with E-state index in [1.165, 1.54) is 22.9 Å². The topological polar surface area (TPSA) is 52.6 Å². The van der Waals surface area contributed by atoms with Crippen LogP contribution in [0.1, 0.15) is 25.5 Å². The summed E-state index contributed by atoms with van der Waals surface area (Å²) < 4.78 is 0. The number of aromatic nitrogens is 1. The van der Waals surface area contributed by atoms with Gasteiger partial charge in [0.2, 0.25) is 0 Å². The maximum absolute atomic E-state index is 4.78. The molecule has 0 spiro atoms. The Morgan fingerprint density at radius 2 is 2.00 bits per heavy atom. The van der Waals surface area contributed by atoms with E-state index >= 15 is 0 Å². The van der Waals surface area contributed by atoms with E-state index in [1.54, 1.807) is 11.3 Å². The van der Waals surface area contributed by atoms with Gasteiger partial charge in [0.1, 0.15) is 0 Å². The molecule has 0 saturated carbocycles. The number of benzene rings is 1. The molecule has 1 aliphatic heterocycles. The van der Waals surface area contributed by atoms with Crippen LogP contribution >= 0.6 is 47.1 Å². The Balaban J connectivity index is 0.00000280. The average Bonchev–Trinajstić information content (AvgIpc) is 3.37. The van der Waals surface area contributed by atoms with Gasteiger partial charge in [-0.2, -0.15) is 0 Å². The van der Waals surface area contributed by atoms with Gasteiger partial charge >= 0.3 is 0 Å². The summed E-state index contributed by atoms with van der Waals surface area (Å²) in [6, 6.07) is 10.5. The summed E-state index contributed by atoms with van der Waals surface area (Å²) in [7, 11) is 1.82. The quantitative estimate of drug-likeness (QED) is 0.231. The SMILES string of the molecule is CN=C(NCCc1csc(N2CCCC2)n1)NCC(C)Sc1ccccc1.I. The van der Waals surface area contributed by atoms with Crippen LogP contribution in [-0.4, -0.2) is 49.4 Å². The highest BCUT2D eigenvalue weighted by molar-refractivity contribution is 14.0. The van der Waals surface area contributed by atoms with Crippen LogP contribution in [0.25, 0.3) is 0 Å². The second-order valence-corrected chi connectivity index (χ2v) is 9.04. The van der Waals surface area contributed by atoms with Gasteiger partial charge in [0.25, 0.3) is 0 Å². The number of thioether (sulfide) groups is 1. The van der Waals surface area contributed by atoms with Gasteiger partial charge in [0.05, 0.1) is 5.69 Å². The van der Waals surface area contributed by atoms with Crippen LogP contribution < -0.4 is 15.5 Å². The number of thiazole rings is 1. The first-order chi connectivity index (χ1) is 13.2. The molecule has 1 atom stereocenters. The van der Waals surface area contributed by atoms with E-state index in [0.29, 0.717) is 5.25 Å². The molecular weight excluding hydrogens is 501 g/mol. The summed E-state index contributed by atoms with van der Waals surface area (Å²) in [5, 5.41) is 10.6. The van der Waals surface area contributed by atoms with Gasteiger partial charge in [-0.1, -0.05) is 25.1 Å². The number of halogens is 1. The average molecular weight is 532 g/mol. The van der Waals surface area contributed by atoms with Crippen LogP contribution in [0.15, 0.2) is 45.6 Å². The number of hydrogen-bond donors (Lipinski definition) is 2. The lowest BCUT2D eigenvalue weighted by atomic mass is 10.3. The Bertz CT molecular complexity index is 716. The summed E-state index contributed by atoms with van der Waals surface area (Å²) in [5.74, 6) is 0.852. The highest BCUT2D eigenvalue weighted by atomic mass is 127. The van der Waals surface area contributed by atoms with Crippen molar-refractivity contribution in [3.63, 3.8) is 0 Å². The van der Waals surface area contributed by atoms with Crippen molar-refractivity contribution in [1.29, 1.82) is 0 Å². The third-order valence-corrected chi connectivity index (χ3v) is 6.51. The molecule has 1 aromatic heterocycles. The van der Waals surface area contributed by atoms with Crippen molar-refractivity contribution in [1.82, 2.24) is 15.6 Å². The molecule has 1 aromatic carbocycles. The third kappa shape index (κ3) is 7.44. The standard InChI is InChI=1S/C20H29N5S2.HI/c1-16(27-18-8-4-3-5-9-18)14-23-19(21-2)22-11-10-17-15-26-20(24-17)25-12-6-7-13-25;/h3-5,8-9,15-16H,6-7,10-14H2,1-2H3,(H2,21,22,23);1H. The van der Waals surface area contributed by atoms with E-state index in [9.17, 15) is 0 Å². The molecule has 1 fully saturated rings. The predicted octanol–water partition coefficient (Wildman–Crippen LogP) is 4.25. The van der Waals surface area contributed by atoms with E-state index in [-0.39, 0.29) is 24.0 Å². The van der Waals surface area contributed by atoms with Crippen LogP contribution in [0, 0.1) is 0 Å². The maximum Gasteiger partial charge on any atom is 0.191 e. The van der Waals surface area contributed by atoms with Gasteiger partial charge in [0.15, 0.2) is 11.1 Å². The molecule has 8 heteroatoms. The Kier molecular flexibility index (Phi) is 10.4. The second-order valence-electron chi connectivity index (χ2n) is 6.69. The first-order valence-electron chi connectivity index (χ1n) is 9.60. The Morgan fingerprint density at radius 1 is 1.25 bits per heavy atom. The van der Waals surface area contributed by atoms with E-state index in [2.05, 4.69) is 63.2 Å². The molecule has 3 rings (SSSR count). The summed E-state index contributed by atoms with van der Waals surface area (Å²) in [6.45, 7) is 6.24. The van der Waals surface area contributed by atoms with Crippen LogP contribution in [-0.2, 0) is 6.42 Å². The minimum atomic E-state index is 0. The monoisotopic (exact) mass is 531 g/mol. The van der Waals surface area contributed by atoms with Crippen LogP contribution in [0.3, 0.4) is 0 Å². The van der Waals surface area contributed by atoms with E-state index in [1.807, 2.05) is 18.8 Å². The second kappa shape index (κ2) is 12.5. The Labute approximate surface area is 193 Å². The largest absolute Gasteiger partial charge is 0.356 e. The van der Waals surface area contributed by atoms with Crippen molar-refractivity contribution in [2.75, 3.05) is 38.1 Å². The molecule has 2 aromatic rings. The van der Waals surface area contributed by atoms with Crippen LogP contribution in [0.4, 0.5) is 5.13 Å². The lowest BCUT2D eigenvalue weighted by Crippen LogP contribution is -2.40. The first-order valence-corrected chi connectivity index (χ1v) is 11.4. The van der Waals surface area contributed by atoms with Crippen molar-refractivity contribution in [2.45, 2.75) is 36.3 Å². The summed E-state index contributed by atoms with van der Waals surface area (Å²) >= 11 is 3.64. The molecule has 154 valence electrons. The van der Waals surface area contributed by atoms with E-state index in [4.69, 9.17) is 4.98 Å². The highest BCUT2D eigenvalue weighted by Gasteiger charge is 2.15. The van der Waals surface area contributed by atoms with Crippen molar-refractivity contribution >= 4 is 58.2 Å². The van der Waals surface area contributed by atoms with Crippen LogP contribution in [0.2, 0.25) is 0 Å². The Morgan fingerprint density at radius 3 is 2.71 bits per heavy atom. The lowest BCUT2D eigenvalue weighted by Gasteiger charge is -2.15. The minimum Gasteiger partial charge on any atom is -0.356 e. The van der Waals surface area contributed by atoms with Gasteiger partial charge in [-0.05, 0) is 25.0 Å². The fourth-order valence-electron chi connectivity index (χ4n) is 3.01. The maximum atomic E-state index is 4.78. The lowest BCUT2D eigenvalue weighted by molar-refractivity contribution is 0.774. The van der Waals surface area contributed by atoms with E-state index in [0.717, 1.165) is 44.3 Å². The molecule has 0 amide bonds. The van der Waals surface area contributed by atoms with Crippen molar-refractivity contribution in [3.8, 4) is 0 Å². The van der Waals surface area contributed by atoms with Gasteiger partial charge in [-0.15, -0.1) is 47.1 Å². The van der Waals surface area contributed by atoms with E-state index < -0.39 is 0 Å². The third-order valence-electron chi connectivity index (χ3n) is 4.45. The molecule has 1 unspecified atom stereocenters. The number of hydrogen-bond acceptors (Lipinski definition) is 5. The highest BCUT2D eigenvalue weighted by Crippen LogP contribution is 2.24.